The Morgan fingerprint density at radius 2 is 2.20 bits per heavy atom. The van der Waals surface area contributed by atoms with E-state index >= 15 is 0 Å². The molecule has 0 saturated carbocycles. The summed E-state index contributed by atoms with van der Waals surface area (Å²) in [6.07, 6.45) is 6.59. The molecular weight excluding hydrogens is 187 g/mol. The van der Waals surface area contributed by atoms with Gasteiger partial charge in [-0.3, -0.25) is 4.98 Å². The summed E-state index contributed by atoms with van der Waals surface area (Å²) in [7, 11) is 0. The zero-order valence-corrected chi connectivity index (χ0v) is 7.29. The summed E-state index contributed by atoms with van der Waals surface area (Å²) in [5.74, 6) is -0.923. The molecule has 0 amide bonds. The van der Waals surface area contributed by atoms with Crippen LogP contribution in [-0.2, 0) is 0 Å². The SMILES string of the molecule is O=C(O)c1ccn(-c2cccnc2)c1.[LiH]. The van der Waals surface area contributed by atoms with Crippen molar-refractivity contribution in [3.8, 4) is 5.69 Å². The summed E-state index contributed by atoms with van der Waals surface area (Å²) in [6, 6.07) is 5.21. The fourth-order valence-electron chi connectivity index (χ4n) is 1.19. The number of rotatable bonds is 2. The van der Waals surface area contributed by atoms with Crippen molar-refractivity contribution in [1.82, 2.24) is 9.55 Å². The molecule has 2 heterocycles. The molecule has 0 aliphatic heterocycles. The number of carbonyl (C=O) groups is 1. The normalized spacial score (nSPS) is 9.33. The first-order valence-electron chi connectivity index (χ1n) is 4.09. The molecule has 2 aromatic heterocycles. The maximum atomic E-state index is 10.6. The molecule has 0 fully saturated rings. The predicted octanol–water partition coefficient (Wildman–Crippen LogP) is 0.922. The number of carboxylic acids is 1. The standard InChI is InChI=1S/C10H8N2O2.Li.H/c13-10(14)8-3-5-12(7-8)9-2-1-4-11-6-9;;/h1-7H,(H,13,14);;. The molecular formula is C10H9LiN2O2. The number of hydrogen-bond acceptors (Lipinski definition) is 2. The third-order valence-corrected chi connectivity index (χ3v) is 1.88. The second-order valence-corrected chi connectivity index (χ2v) is 2.82. The first kappa shape index (κ1) is 11.6. The minimum absolute atomic E-state index is 0. The second-order valence-electron chi connectivity index (χ2n) is 2.82. The zero-order valence-electron chi connectivity index (χ0n) is 7.29. The molecule has 2 rings (SSSR count). The van der Waals surface area contributed by atoms with Crippen molar-refractivity contribution in [2.45, 2.75) is 0 Å². The van der Waals surface area contributed by atoms with Gasteiger partial charge in [0.05, 0.1) is 17.4 Å². The van der Waals surface area contributed by atoms with Gasteiger partial charge in [0, 0.05) is 18.6 Å². The topological polar surface area (TPSA) is 55.1 Å². The van der Waals surface area contributed by atoms with Gasteiger partial charge >= 0.3 is 24.8 Å². The number of hydrogen-bond donors (Lipinski definition) is 1. The van der Waals surface area contributed by atoms with Crippen LogP contribution in [0.4, 0.5) is 0 Å². The Morgan fingerprint density at radius 1 is 1.40 bits per heavy atom. The zero-order chi connectivity index (χ0) is 9.97. The molecule has 0 saturated heterocycles. The first-order chi connectivity index (χ1) is 6.77. The van der Waals surface area contributed by atoms with Crippen LogP contribution in [0.5, 0.6) is 0 Å². The molecule has 0 radical (unpaired) electrons. The van der Waals surface area contributed by atoms with Gasteiger partial charge < -0.3 is 9.67 Å². The summed E-state index contributed by atoms with van der Waals surface area (Å²) in [5, 5.41) is 8.72. The fraction of sp³-hybridized carbons (Fsp3) is 0. The van der Waals surface area contributed by atoms with E-state index in [2.05, 4.69) is 4.98 Å². The molecule has 2 aromatic rings. The van der Waals surface area contributed by atoms with Crippen molar-refractivity contribution >= 4 is 24.8 Å². The Hall–Kier alpha value is -1.50. The quantitative estimate of drug-likeness (QED) is 0.726. The van der Waals surface area contributed by atoms with E-state index in [-0.39, 0.29) is 24.4 Å². The van der Waals surface area contributed by atoms with Crippen LogP contribution in [0.15, 0.2) is 43.0 Å². The molecule has 0 bridgehead atoms. The van der Waals surface area contributed by atoms with Crippen molar-refractivity contribution in [1.29, 1.82) is 0 Å². The molecule has 15 heavy (non-hydrogen) atoms. The van der Waals surface area contributed by atoms with Crippen molar-refractivity contribution in [3.05, 3.63) is 48.5 Å². The Bertz CT molecular complexity index is 453. The molecule has 4 nitrogen and oxygen atoms in total. The van der Waals surface area contributed by atoms with Gasteiger partial charge in [-0.05, 0) is 18.2 Å². The number of pyridine rings is 1. The van der Waals surface area contributed by atoms with Gasteiger partial charge in [0.2, 0.25) is 0 Å². The summed E-state index contributed by atoms with van der Waals surface area (Å²) in [5.41, 5.74) is 1.12. The van der Waals surface area contributed by atoms with E-state index < -0.39 is 5.97 Å². The number of aromatic nitrogens is 2. The van der Waals surface area contributed by atoms with Crippen LogP contribution in [-0.4, -0.2) is 39.5 Å². The summed E-state index contributed by atoms with van der Waals surface area (Å²) in [4.78, 5) is 14.6. The van der Waals surface area contributed by atoms with Gasteiger partial charge in [-0.1, -0.05) is 0 Å². The van der Waals surface area contributed by atoms with E-state index in [1.165, 1.54) is 0 Å². The van der Waals surface area contributed by atoms with Gasteiger partial charge in [0.1, 0.15) is 0 Å². The average molecular weight is 196 g/mol. The molecule has 72 valence electrons. The Morgan fingerprint density at radius 3 is 2.73 bits per heavy atom. The molecule has 5 heteroatoms. The van der Waals surface area contributed by atoms with Crippen LogP contribution in [0.25, 0.3) is 5.69 Å². The van der Waals surface area contributed by atoms with Crippen LogP contribution in [0.2, 0.25) is 0 Å². The van der Waals surface area contributed by atoms with Crippen molar-refractivity contribution in [2.75, 3.05) is 0 Å². The average Bonchev–Trinajstić information content (AvgIpc) is 2.68. The van der Waals surface area contributed by atoms with Crippen LogP contribution >= 0.6 is 0 Å². The first-order valence-corrected chi connectivity index (χ1v) is 4.09. The van der Waals surface area contributed by atoms with Crippen LogP contribution in [0.1, 0.15) is 10.4 Å². The summed E-state index contributed by atoms with van der Waals surface area (Å²) in [6.45, 7) is 0. The Labute approximate surface area is 98.7 Å². The number of nitrogens with zero attached hydrogens (tertiary/aromatic N) is 2. The molecule has 0 aromatic carbocycles. The van der Waals surface area contributed by atoms with Crippen molar-refractivity contribution in [2.24, 2.45) is 0 Å². The Kier molecular flexibility index (Phi) is 3.72. The molecule has 0 aliphatic rings. The van der Waals surface area contributed by atoms with E-state index in [1.807, 2.05) is 6.07 Å². The van der Waals surface area contributed by atoms with Crippen LogP contribution in [0, 0.1) is 0 Å². The van der Waals surface area contributed by atoms with E-state index in [0.717, 1.165) is 5.69 Å². The van der Waals surface area contributed by atoms with Gasteiger partial charge in [-0.25, -0.2) is 4.79 Å². The van der Waals surface area contributed by atoms with Gasteiger partial charge in [-0.2, -0.15) is 0 Å². The van der Waals surface area contributed by atoms with Gasteiger partial charge in [0.15, 0.2) is 0 Å². The van der Waals surface area contributed by atoms with E-state index in [4.69, 9.17) is 5.11 Å². The van der Waals surface area contributed by atoms with E-state index in [1.54, 1.807) is 41.5 Å². The molecule has 0 aliphatic carbocycles. The summed E-state index contributed by atoms with van der Waals surface area (Å²) >= 11 is 0. The maximum absolute atomic E-state index is 10.6. The van der Waals surface area contributed by atoms with Crippen LogP contribution in [0.3, 0.4) is 0 Å². The third kappa shape index (κ3) is 2.49. The van der Waals surface area contributed by atoms with E-state index in [0.29, 0.717) is 0 Å². The van der Waals surface area contributed by atoms with Crippen molar-refractivity contribution < 1.29 is 9.90 Å². The number of carboxylic acid groups (broad SMARTS) is 1. The Balaban J connectivity index is 0.00000112. The molecule has 0 spiro atoms. The second kappa shape index (κ2) is 4.83. The predicted molar refractivity (Wildman–Crippen MR) is 57.7 cm³/mol. The van der Waals surface area contributed by atoms with Gasteiger partial charge in [0.25, 0.3) is 0 Å². The molecule has 0 unspecified atom stereocenters. The number of aromatic carboxylic acids is 1. The minimum atomic E-state index is -0.923. The molecule has 1 N–H and O–H groups in total. The monoisotopic (exact) mass is 196 g/mol. The van der Waals surface area contributed by atoms with Crippen molar-refractivity contribution in [3.63, 3.8) is 0 Å². The van der Waals surface area contributed by atoms with Gasteiger partial charge in [-0.15, -0.1) is 0 Å². The molecule has 0 atom stereocenters. The fourth-order valence-corrected chi connectivity index (χ4v) is 1.19. The summed E-state index contributed by atoms with van der Waals surface area (Å²) < 4.78 is 1.72. The van der Waals surface area contributed by atoms with Crippen LogP contribution < -0.4 is 0 Å². The van der Waals surface area contributed by atoms with E-state index in [9.17, 15) is 4.79 Å². The third-order valence-electron chi connectivity index (χ3n) is 1.88.